The number of ether oxygens (including phenoxy) is 1. The molecule has 0 saturated heterocycles. The Morgan fingerprint density at radius 2 is 2.00 bits per heavy atom. The molecule has 0 heterocycles. The van der Waals surface area contributed by atoms with Crippen LogP contribution in [-0.2, 0) is 4.74 Å². The molecule has 0 aliphatic carbocycles. The average molecular weight is 296 g/mol. The van der Waals surface area contributed by atoms with Gasteiger partial charge in [-0.3, -0.25) is 4.99 Å². The molecule has 0 rings (SSSR count). The number of aliphatic imine (C=N–C) groups is 1. The van der Waals surface area contributed by atoms with Crippen LogP contribution >= 0.6 is 0 Å². The summed E-state index contributed by atoms with van der Waals surface area (Å²) >= 11 is 0. The Hall–Kier alpha value is -1.59. The summed E-state index contributed by atoms with van der Waals surface area (Å²) in [4.78, 5) is 7.25. The molecule has 0 aliphatic heterocycles. The Bertz CT molecular complexity index is 408. The fourth-order valence-electron chi connectivity index (χ4n) is 1.51. The van der Waals surface area contributed by atoms with Crippen molar-refractivity contribution in [2.24, 2.45) is 21.1 Å². The average Bonchev–Trinajstić information content (AvgIpc) is 2.42. The van der Waals surface area contributed by atoms with E-state index >= 15 is 0 Å². The lowest BCUT2D eigenvalue weighted by Gasteiger charge is -2.29. The fourth-order valence-corrected chi connectivity index (χ4v) is 1.51. The van der Waals surface area contributed by atoms with Crippen molar-refractivity contribution in [2.75, 3.05) is 13.2 Å². The molecule has 120 valence electrons. The van der Waals surface area contributed by atoms with Gasteiger partial charge in [0.1, 0.15) is 0 Å². The molecule has 0 bridgehead atoms. The Kier molecular flexibility index (Phi) is 8.66. The molecule has 0 aromatic rings. The maximum absolute atomic E-state index is 8.29. The first kappa shape index (κ1) is 19.4. The van der Waals surface area contributed by atoms with E-state index in [-0.39, 0.29) is 11.1 Å². The molecule has 21 heavy (non-hydrogen) atoms. The van der Waals surface area contributed by atoms with Crippen molar-refractivity contribution in [3.05, 3.63) is 10.4 Å². The second-order valence-corrected chi connectivity index (χ2v) is 6.19. The van der Waals surface area contributed by atoms with Crippen LogP contribution in [0.1, 0.15) is 53.9 Å². The van der Waals surface area contributed by atoms with Crippen molar-refractivity contribution in [3.8, 4) is 0 Å². The second-order valence-electron chi connectivity index (χ2n) is 6.19. The number of hydrogen-bond donors (Lipinski definition) is 1. The molecule has 0 aromatic heterocycles. The van der Waals surface area contributed by atoms with Gasteiger partial charge in [0.05, 0.1) is 23.5 Å². The van der Waals surface area contributed by atoms with Gasteiger partial charge in [-0.2, -0.15) is 5.10 Å². The molecule has 0 fully saturated rings. The summed E-state index contributed by atoms with van der Waals surface area (Å²) in [5.74, 6) is 5.33. The summed E-state index contributed by atoms with van der Waals surface area (Å²) in [5.41, 5.74) is 8.36. The molecular weight excluding hydrogens is 268 g/mol. The normalized spacial score (nSPS) is 13.5. The van der Waals surface area contributed by atoms with Crippen LogP contribution in [0.4, 0.5) is 0 Å². The zero-order valence-corrected chi connectivity index (χ0v) is 13.8. The van der Waals surface area contributed by atoms with Gasteiger partial charge in [-0.1, -0.05) is 18.5 Å². The highest BCUT2D eigenvalue weighted by atomic mass is 16.5. The molecule has 7 nitrogen and oxygen atoms in total. The molecule has 2 N–H and O–H groups in total. The van der Waals surface area contributed by atoms with Crippen molar-refractivity contribution in [2.45, 2.75) is 65.0 Å². The number of nitrogens with two attached hydrogens (primary N) is 1. The summed E-state index contributed by atoms with van der Waals surface area (Å²) in [7, 11) is 0. The second kappa shape index (κ2) is 9.37. The van der Waals surface area contributed by atoms with E-state index in [0.717, 1.165) is 18.6 Å². The highest BCUT2D eigenvalue weighted by Crippen LogP contribution is 2.19. The maximum atomic E-state index is 8.29. The van der Waals surface area contributed by atoms with E-state index in [9.17, 15) is 0 Å². The Morgan fingerprint density at radius 3 is 2.52 bits per heavy atom. The fraction of sp³-hybridized carbons (Fsp3) is 0.857. The van der Waals surface area contributed by atoms with Gasteiger partial charge in [0, 0.05) is 17.7 Å². The van der Waals surface area contributed by atoms with Crippen LogP contribution in [0.2, 0.25) is 0 Å². The third kappa shape index (κ3) is 9.87. The van der Waals surface area contributed by atoms with Crippen molar-refractivity contribution in [1.82, 2.24) is 0 Å². The highest BCUT2D eigenvalue weighted by molar-refractivity contribution is 6.30. The van der Waals surface area contributed by atoms with E-state index in [1.807, 2.05) is 27.7 Å². The van der Waals surface area contributed by atoms with Crippen LogP contribution in [0.25, 0.3) is 10.4 Å². The Balaban J connectivity index is 4.46. The number of nitrogens with zero attached hydrogens (tertiary/aromatic N) is 5. The first-order valence-corrected chi connectivity index (χ1v) is 7.23. The van der Waals surface area contributed by atoms with Gasteiger partial charge in [-0.15, -0.1) is 0 Å². The van der Waals surface area contributed by atoms with Crippen LogP contribution in [0.5, 0.6) is 0 Å². The van der Waals surface area contributed by atoms with E-state index in [2.05, 4.69) is 27.0 Å². The van der Waals surface area contributed by atoms with Gasteiger partial charge >= 0.3 is 0 Å². The van der Waals surface area contributed by atoms with Crippen molar-refractivity contribution < 1.29 is 4.74 Å². The molecule has 0 unspecified atom stereocenters. The molecule has 0 saturated carbocycles. The molecule has 0 aliphatic rings. The first-order chi connectivity index (χ1) is 9.76. The van der Waals surface area contributed by atoms with Crippen LogP contribution in [0, 0.1) is 0 Å². The van der Waals surface area contributed by atoms with Crippen molar-refractivity contribution in [1.29, 1.82) is 0 Å². The predicted octanol–water partition coefficient (Wildman–Crippen LogP) is 3.45. The Labute approximate surface area is 127 Å². The SMILES string of the molecule is CCCC(C=NC(C)(C)COC(C)(C)CCN=[N+]=[N-])=NN. The summed E-state index contributed by atoms with van der Waals surface area (Å²) in [6.45, 7) is 10.9. The summed E-state index contributed by atoms with van der Waals surface area (Å²) < 4.78 is 5.90. The predicted molar refractivity (Wildman–Crippen MR) is 87.8 cm³/mol. The standard InChI is InChI=1S/C14H28N6O/c1-6-7-12(19-15)10-17-13(2,3)11-21-14(4,5)8-9-18-20-16/h10H,6-9,11,15H2,1-5H3. The van der Waals surface area contributed by atoms with E-state index in [1.54, 1.807) is 6.21 Å². The molecule has 0 spiro atoms. The largest absolute Gasteiger partial charge is 0.373 e. The van der Waals surface area contributed by atoms with Gasteiger partial charge in [0.2, 0.25) is 0 Å². The van der Waals surface area contributed by atoms with Crippen molar-refractivity contribution in [3.63, 3.8) is 0 Å². The highest BCUT2D eigenvalue weighted by Gasteiger charge is 2.23. The first-order valence-electron chi connectivity index (χ1n) is 7.23. The van der Waals surface area contributed by atoms with Gasteiger partial charge in [-0.05, 0) is 46.1 Å². The Morgan fingerprint density at radius 1 is 1.33 bits per heavy atom. The smallest absolute Gasteiger partial charge is 0.0785 e. The zero-order valence-electron chi connectivity index (χ0n) is 13.8. The molecule has 0 aromatic carbocycles. The van der Waals surface area contributed by atoms with Gasteiger partial charge in [0.15, 0.2) is 0 Å². The molecule has 0 radical (unpaired) electrons. The van der Waals surface area contributed by atoms with Crippen molar-refractivity contribution >= 4 is 11.9 Å². The number of hydrazone groups is 1. The minimum atomic E-state index is -0.362. The van der Waals surface area contributed by atoms with E-state index in [1.165, 1.54) is 0 Å². The van der Waals surface area contributed by atoms with E-state index in [4.69, 9.17) is 16.1 Å². The number of rotatable bonds is 10. The minimum Gasteiger partial charge on any atom is -0.373 e. The van der Waals surface area contributed by atoms with E-state index < -0.39 is 0 Å². The third-order valence-electron chi connectivity index (χ3n) is 2.93. The minimum absolute atomic E-state index is 0.352. The summed E-state index contributed by atoms with van der Waals surface area (Å²) in [5, 5.41) is 7.25. The molecular formula is C14H28N6O. The molecule has 7 heteroatoms. The number of azide groups is 1. The maximum Gasteiger partial charge on any atom is 0.0785 e. The lowest BCUT2D eigenvalue weighted by molar-refractivity contribution is -0.0392. The van der Waals surface area contributed by atoms with Gasteiger partial charge < -0.3 is 10.6 Å². The van der Waals surface area contributed by atoms with Gasteiger partial charge in [-0.25, -0.2) is 0 Å². The summed E-state index contributed by atoms with van der Waals surface area (Å²) in [6, 6.07) is 0. The lowest BCUT2D eigenvalue weighted by atomic mass is 10.0. The molecule has 0 atom stereocenters. The quantitative estimate of drug-likeness (QED) is 0.166. The van der Waals surface area contributed by atoms with Crippen LogP contribution < -0.4 is 5.84 Å². The van der Waals surface area contributed by atoms with Crippen LogP contribution in [0.3, 0.4) is 0 Å². The van der Waals surface area contributed by atoms with Crippen LogP contribution in [0.15, 0.2) is 15.2 Å². The summed E-state index contributed by atoms with van der Waals surface area (Å²) in [6.07, 6.45) is 4.18. The zero-order chi connectivity index (χ0) is 16.4. The number of hydrogen-bond acceptors (Lipinski definition) is 5. The van der Waals surface area contributed by atoms with Crippen LogP contribution in [-0.4, -0.2) is 36.2 Å². The van der Waals surface area contributed by atoms with E-state index in [0.29, 0.717) is 19.6 Å². The van der Waals surface area contributed by atoms with Gasteiger partial charge in [0.25, 0.3) is 0 Å². The monoisotopic (exact) mass is 296 g/mol. The topological polar surface area (TPSA) is 109 Å². The third-order valence-corrected chi connectivity index (χ3v) is 2.93. The lowest BCUT2D eigenvalue weighted by Crippen LogP contribution is -2.34. The molecule has 0 amide bonds.